The number of hydrogen-bond donors (Lipinski definition) is 1. The number of rotatable bonds is 6. The summed E-state index contributed by atoms with van der Waals surface area (Å²) in [4.78, 5) is 46.0. The highest BCUT2D eigenvalue weighted by atomic mass is 35.5. The van der Waals surface area contributed by atoms with Crippen LogP contribution in [-0.4, -0.2) is 29.2 Å². The molecule has 1 N–H and O–H groups in total. The molecule has 4 aromatic rings. The van der Waals surface area contributed by atoms with Gasteiger partial charge in [-0.25, -0.2) is 0 Å². The first-order chi connectivity index (χ1) is 20.9. The van der Waals surface area contributed by atoms with Crippen LogP contribution in [0.4, 0.5) is 5.69 Å². The molecule has 2 saturated carbocycles. The maximum Gasteiger partial charge on any atom is 0.305 e. The van der Waals surface area contributed by atoms with Gasteiger partial charge in [-0.1, -0.05) is 53.3 Å². The van der Waals surface area contributed by atoms with E-state index in [0.29, 0.717) is 23.1 Å². The number of ether oxygens (including phenoxy) is 2. The van der Waals surface area contributed by atoms with Crippen LogP contribution in [0.15, 0.2) is 82.6 Å². The van der Waals surface area contributed by atoms with Crippen LogP contribution in [0.3, 0.4) is 0 Å². The summed E-state index contributed by atoms with van der Waals surface area (Å²) in [6.45, 7) is 0.376. The van der Waals surface area contributed by atoms with E-state index >= 15 is 0 Å². The van der Waals surface area contributed by atoms with Crippen LogP contribution in [0.5, 0.6) is 11.5 Å². The molecule has 2 aliphatic carbocycles. The highest BCUT2D eigenvalue weighted by molar-refractivity contribution is 8.00. The van der Waals surface area contributed by atoms with Crippen molar-refractivity contribution < 1.29 is 19.1 Å². The summed E-state index contributed by atoms with van der Waals surface area (Å²) in [7, 11) is 1.59. The first-order valence-corrected chi connectivity index (χ1v) is 16.4. The molecule has 0 spiro atoms. The van der Waals surface area contributed by atoms with Crippen molar-refractivity contribution in [2.45, 2.75) is 29.2 Å². The van der Waals surface area contributed by atoms with Crippen LogP contribution in [0.1, 0.15) is 28.3 Å². The fourth-order valence-corrected chi connectivity index (χ4v) is 11.0. The first kappa shape index (κ1) is 27.0. The lowest BCUT2D eigenvalue weighted by Crippen LogP contribution is -2.42. The maximum atomic E-state index is 14.0. The number of imide groups is 1. The van der Waals surface area contributed by atoms with E-state index in [2.05, 4.69) is 11.1 Å². The minimum atomic E-state index is -0.372. The number of benzene rings is 3. The fraction of sp³-hybridized carbons (Fsp3) is 0.303. The number of thiazole rings is 1. The van der Waals surface area contributed by atoms with Crippen LogP contribution in [0, 0.1) is 29.6 Å². The van der Waals surface area contributed by atoms with E-state index in [-0.39, 0.29) is 57.4 Å². The number of aromatic amines is 1. The largest absolute Gasteiger partial charge is 0.497 e. The van der Waals surface area contributed by atoms with Crippen LogP contribution in [-0.2, 0) is 16.2 Å². The molecule has 0 unspecified atom stereocenters. The minimum Gasteiger partial charge on any atom is -0.497 e. The Morgan fingerprint density at radius 2 is 1.65 bits per heavy atom. The highest BCUT2D eigenvalue weighted by Gasteiger charge is 2.69. The summed E-state index contributed by atoms with van der Waals surface area (Å²) >= 11 is 9.01. The normalized spacial score (nSPS) is 28.5. The monoisotopic (exact) mass is 630 g/mol. The van der Waals surface area contributed by atoms with Gasteiger partial charge in [-0.05, 0) is 72.2 Å². The summed E-state index contributed by atoms with van der Waals surface area (Å²) in [6.07, 6.45) is 0.828. The number of H-pyrrole nitrogens is 1. The Hall–Kier alpha value is -3.53. The Morgan fingerprint density at radius 1 is 0.930 bits per heavy atom. The van der Waals surface area contributed by atoms with Crippen LogP contribution < -0.4 is 19.2 Å². The molecule has 8 rings (SSSR count). The number of fused-ring (bicyclic) bond motifs is 9. The minimum absolute atomic E-state index is 0.0203. The quantitative estimate of drug-likeness (QED) is 0.250. The number of aromatic nitrogens is 1. The molecule has 2 amide bonds. The number of carbonyl (C=O) groups excluding carboxylic acids is 2. The van der Waals surface area contributed by atoms with Gasteiger partial charge in [0.15, 0.2) is 0 Å². The zero-order valence-electron chi connectivity index (χ0n) is 23.1. The second-order valence-electron chi connectivity index (χ2n) is 11.6. The van der Waals surface area contributed by atoms with E-state index in [1.165, 1.54) is 16.2 Å². The molecule has 2 aliphatic heterocycles. The number of nitrogens with one attached hydrogen (secondary N) is 1. The average Bonchev–Trinajstić information content (AvgIpc) is 3.76. The van der Waals surface area contributed by atoms with E-state index < -0.39 is 0 Å². The molecule has 43 heavy (non-hydrogen) atoms. The SMILES string of the molecule is COc1ccc(N2C(=O)[C@H]3[C@H]4C[C@@H]([C@@H]3C2=O)[C@H]2[C@H](c3ccccc3OCc3ccc(Cl)cc3)c3sc(=O)[nH]c3S[C@H]42)cc1. The van der Waals surface area contributed by atoms with Gasteiger partial charge >= 0.3 is 4.87 Å². The van der Waals surface area contributed by atoms with E-state index in [4.69, 9.17) is 21.1 Å². The number of amides is 2. The third-order valence-corrected chi connectivity index (χ3v) is 12.5. The Bertz CT molecular complexity index is 1800. The summed E-state index contributed by atoms with van der Waals surface area (Å²) < 4.78 is 11.7. The zero-order valence-corrected chi connectivity index (χ0v) is 25.5. The van der Waals surface area contributed by atoms with E-state index in [9.17, 15) is 14.4 Å². The third kappa shape index (κ3) is 4.19. The number of hydrogen-bond acceptors (Lipinski definition) is 7. The number of halogens is 1. The lowest BCUT2D eigenvalue weighted by atomic mass is 9.68. The lowest BCUT2D eigenvalue weighted by molar-refractivity contribution is -0.123. The number of para-hydroxylation sites is 1. The highest BCUT2D eigenvalue weighted by Crippen LogP contribution is 2.69. The number of thioether (sulfide) groups is 1. The molecular formula is C33H27ClN2O5S2. The Balaban J connectivity index is 1.17. The molecule has 7 atom stereocenters. The summed E-state index contributed by atoms with van der Waals surface area (Å²) in [5, 5.41) is 1.65. The van der Waals surface area contributed by atoms with Crippen molar-refractivity contribution >= 4 is 52.2 Å². The molecule has 1 aromatic heterocycles. The molecular weight excluding hydrogens is 604 g/mol. The van der Waals surface area contributed by atoms with Crippen molar-refractivity contribution in [2.75, 3.05) is 12.0 Å². The van der Waals surface area contributed by atoms with Gasteiger partial charge in [0.05, 0.1) is 29.7 Å². The van der Waals surface area contributed by atoms with Crippen LogP contribution in [0.25, 0.3) is 0 Å². The van der Waals surface area contributed by atoms with Gasteiger partial charge < -0.3 is 14.5 Å². The first-order valence-electron chi connectivity index (χ1n) is 14.3. The van der Waals surface area contributed by atoms with Crippen molar-refractivity contribution in [3.63, 3.8) is 0 Å². The van der Waals surface area contributed by atoms with Crippen molar-refractivity contribution in [3.8, 4) is 11.5 Å². The molecule has 3 fully saturated rings. The average molecular weight is 631 g/mol. The summed E-state index contributed by atoms with van der Waals surface area (Å²) in [5.74, 6) is 0.509. The van der Waals surface area contributed by atoms with E-state index in [0.717, 1.165) is 33.2 Å². The predicted octanol–water partition coefficient (Wildman–Crippen LogP) is 6.36. The summed E-state index contributed by atoms with van der Waals surface area (Å²) in [5.41, 5.74) is 2.59. The maximum absolute atomic E-state index is 14.0. The molecule has 3 aromatic carbocycles. The molecule has 4 aliphatic rings. The van der Waals surface area contributed by atoms with Crippen LogP contribution >= 0.6 is 34.7 Å². The van der Waals surface area contributed by atoms with Gasteiger partial charge in [0.25, 0.3) is 0 Å². The lowest BCUT2D eigenvalue weighted by Gasteiger charge is -2.43. The predicted molar refractivity (Wildman–Crippen MR) is 166 cm³/mol. The van der Waals surface area contributed by atoms with Gasteiger partial charge in [0.2, 0.25) is 11.8 Å². The smallest absolute Gasteiger partial charge is 0.305 e. The van der Waals surface area contributed by atoms with Gasteiger partial charge in [-0.3, -0.25) is 19.3 Å². The Morgan fingerprint density at radius 3 is 2.40 bits per heavy atom. The van der Waals surface area contributed by atoms with Crippen molar-refractivity contribution in [3.05, 3.63) is 103 Å². The van der Waals surface area contributed by atoms with Crippen molar-refractivity contribution in [1.82, 2.24) is 4.98 Å². The fourth-order valence-electron chi connectivity index (χ4n) is 7.96. The molecule has 0 radical (unpaired) electrons. The molecule has 7 nitrogen and oxygen atoms in total. The third-order valence-electron chi connectivity index (χ3n) is 9.62. The van der Waals surface area contributed by atoms with Crippen molar-refractivity contribution in [1.29, 1.82) is 0 Å². The number of nitrogens with zero attached hydrogens (tertiary/aromatic N) is 1. The van der Waals surface area contributed by atoms with Gasteiger partial charge in [0, 0.05) is 26.6 Å². The molecule has 218 valence electrons. The Labute approximate surface area is 261 Å². The van der Waals surface area contributed by atoms with Gasteiger partial charge in [-0.2, -0.15) is 0 Å². The van der Waals surface area contributed by atoms with Gasteiger partial charge in [-0.15, -0.1) is 11.8 Å². The second-order valence-corrected chi connectivity index (χ2v) is 14.3. The standard InChI is InChI=1S/C33H27ClN2O5S2/c1-40-19-12-10-18(11-13-19)36-31(37)26-21-14-22(27(26)32(36)38)28-25(21)24(29-30(42-28)35-33(39)43-29)20-4-2-3-5-23(20)41-15-16-6-8-17(34)9-7-16/h2-13,21-22,24-28H,14-15H2,1H3,(H,35,39)/t21-,22-,24+,25+,26+,27+,28-/m1/s1. The number of methoxy groups -OCH3 is 1. The van der Waals surface area contributed by atoms with Gasteiger partial charge in [0.1, 0.15) is 18.1 Å². The molecule has 10 heteroatoms. The Kier molecular flexibility index (Phi) is 6.47. The topological polar surface area (TPSA) is 88.7 Å². The molecule has 3 heterocycles. The number of carbonyl (C=O) groups is 2. The van der Waals surface area contributed by atoms with Crippen LogP contribution in [0.2, 0.25) is 5.02 Å². The molecule has 1 saturated heterocycles. The van der Waals surface area contributed by atoms with Crippen molar-refractivity contribution in [2.24, 2.45) is 29.6 Å². The second kappa shape index (κ2) is 10.3. The number of anilines is 1. The molecule has 2 bridgehead atoms. The summed E-state index contributed by atoms with van der Waals surface area (Å²) in [6, 6.07) is 22.7. The van der Waals surface area contributed by atoms with E-state index in [1.54, 1.807) is 43.1 Å². The zero-order chi connectivity index (χ0) is 29.4. The van der Waals surface area contributed by atoms with E-state index in [1.807, 2.05) is 42.5 Å².